The summed E-state index contributed by atoms with van der Waals surface area (Å²) in [6.07, 6.45) is 0.798. The maximum atomic E-state index is 11.1. The third-order valence-corrected chi connectivity index (χ3v) is 3.71. The van der Waals surface area contributed by atoms with E-state index in [-0.39, 0.29) is 17.3 Å². The Hall–Kier alpha value is -0.420. The lowest BCUT2D eigenvalue weighted by molar-refractivity contribution is -0.118. The molecule has 0 aliphatic carbocycles. The highest BCUT2D eigenvalue weighted by molar-refractivity contribution is 7.91. The first kappa shape index (κ1) is 13.6. The van der Waals surface area contributed by atoms with Gasteiger partial charge in [-0.3, -0.25) is 4.79 Å². The normalized spacial score (nSPS) is 11.6. The summed E-state index contributed by atoms with van der Waals surface area (Å²) in [5, 5.41) is 2.91. The van der Waals surface area contributed by atoms with E-state index in [1.165, 1.54) is 0 Å². The summed E-state index contributed by atoms with van der Waals surface area (Å²) in [4.78, 5) is 11.1. The van der Waals surface area contributed by atoms with Crippen molar-refractivity contribution in [1.82, 2.24) is 5.32 Å². The molecule has 84 valence electrons. The number of sulfone groups is 1. The monoisotopic (exact) mass is 221 g/mol. The Morgan fingerprint density at radius 2 is 1.93 bits per heavy atom. The molecule has 0 aromatic carbocycles. The summed E-state index contributed by atoms with van der Waals surface area (Å²) >= 11 is 0. The Kier molecular flexibility index (Phi) is 6.74. The van der Waals surface area contributed by atoms with Crippen LogP contribution < -0.4 is 5.32 Å². The molecule has 0 heterocycles. The molecule has 0 saturated carbocycles. The third-order valence-electron chi connectivity index (χ3n) is 1.92. The fourth-order valence-corrected chi connectivity index (χ4v) is 1.86. The van der Waals surface area contributed by atoms with Crippen molar-refractivity contribution in [3.63, 3.8) is 0 Å². The fraction of sp³-hybridized carbons (Fsp3) is 0.889. The summed E-state index contributed by atoms with van der Waals surface area (Å²) in [7, 11) is -2.91. The Morgan fingerprint density at radius 1 is 1.29 bits per heavy atom. The van der Waals surface area contributed by atoms with E-state index in [2.05, 4.69) is 5.32 Å². The van der Waals surface area contributed by atoms with Crippen molar-refractivity contribution < 1.29 is 13.2 Å². The molecule has 0 radical (unpaired) electrons. The van der Waals surface area contributed by atoms with Gasteiger partial charge in [0, 0.05) is 12.2 Å². The van der Waals surface area contributed by atoms with Gasteiger partial charge in [-0.15, -0.1) is 0 Å². The maximum Gasteiger partial charge on any atom is 0.150 e. The van der Waals surface area contributed by atoms with Gasteiger partial charge in [0.1, 0.15) is 15.6 Å². The predicted octanol–water partition coefficient (Wildman–Crippen LogP) is 0.380. The van der Waals surface area contributed by atoms with Crippen molar-refractivity contribution >= 4 is 15.6 Å². The van der Waals surface area contributed by atoms with Crippen LogP contribution in [0.3, 0.4) is 0 Å². The molecule has 0 fully saturated rings. The number of rotatable bonds is 8. The number of likely N-dealkylation sites (N-methyl/N-ethyl adjacent to an activating group) is 1. The van der Waals surface area contributed by atoms with Gasteiger partial charge in [-0.2, -0.15) is 0 Å². The maximum absolute atomic E-state index is 11.1. The van der Waals surface area contributed by atoms with Gasteiger partial charge < -0.3 is 5.32 Å². The van der Waals surface area contributed by atoms with Crippen molar-refractivity contribution in [2.45, 2.75) is 26.7 Å². The second kappa shape index (κ2) is 6.95. The highest BCUT2D eigenvalue weighted by Gasteiger charge is 2.08. The molecule has 4 nitrogen and oxygen atoms in total. The molecule has 14 heavy (non-hydrogen) atoms. The molecule has 1 N–H and O–H groups in total. The number of hydrogen-bond acceptors (Lipinski definition) is 4. The Balaban J connectivity index is 3.59. The summed E-state index contributed by atoms with van der Waals surface area (Å²) < 4.78 is 22.1. The fourth-order valence-electron chi connectivity index (χ4n) is 0.986. The van der Waals surface area contributed by atoms with Gasteiger partial charge in [0.2, 0.25) is 0 Å². The minimum absolute atomic E-state index is 0.0816. The largest absolute Gasteiger partial charge is 0.310 e. The molecule has 0 spiro atoms. The van der Waals surface area contributed by atoms with Crippen LogP contribution in [-0.4, -0.2) is 38.8 Å². The molecule has 0 aliphatic heterocycles. The van der Waals surface area contributed by atoms with E-state index in [1.54, 1.807) is 6.92 Å². The van der Waals surface area contributed by atoms with E-state index < -0.39 is 9.84 Å². The standard InChI is InChI=1S/C9H19NO3S/c1-3-10-8-9(11)6-5-7-14(12,13)4-2/h10H,3-8H2,1-2H3. The lowest BCUT2D eigenvalue weighted by atomic mass is 10.2. The Morgan fingerprint density at radius 3 is 2.43 bits per heavy atom. The number of Topliss-reactive ketones (excluding diaryl/α,β-unsaturated/α-hetero) is 1. The van der Waals surface area contributed by atoms with E-state index in [0.29, 0.717) is 19.4 Å². The lowest BCUT2D eigenvalue weighted by Gasteiger charge is -2.01. The smallest absolute Gasteiger partial charge is 0.150 e. The molecule has 0 atom stereocenters. The molecule has 5 heteroatoms. The number of hydrogen-bond donors (Lipinski definition) is 1. The zero-order chi connectivity index (χ0) is 11.0. The van der Waals surface area contributed by atoms with Crippen LogP contribution in [0.15, 0.2) is 0 Å². The molecule has 0 aromatic rings. The summed E-state index contributed by atoms with van der Waals surface area (Å²) in [5.41, 5.74) is 0. The molecule has 0 unspecified atom stereocenters. The number of nitrogens with one attached hydrogen (secondary N) is 1. The zero-order valence-electron chi connectivity index (χ0n) is 8.88. The van der Waals surface area contributed by atoms with E-state index >= 15 is 0 Å². The number of ketones is 1. The Labute approximate surface area is 86.0 Å². The van der Waals surface area contributed by atoms with E-state index in [9.17, 15) is 13.2 Å². The highest BCUT2D eigenvalue weighted by Crippen LogP contribution is 1.97. The van der Waals surface area contributed by atoms with Crippen LogP contribution in [0.25, 0.3) is 0 Å². The van der Waals surface area contributed by atoms with Crippen LogP contribution in [0.1, 0.15) is 26.7 Å². The Bertz CT molecular complexity index is 259. The first-order valence-electron chi connectivity index (χ1n) is 4.94. The summed E-state index contributed by atoms with van der Waals surface area (Å²) in [5.74, 6) is 0.369. The lowest BCUT2D eigenvalue weighted by Crippen LogP contribution is -2.22. The first-order valence-corrected chi connectivity index (χ1v) is 6.76. The van der Waals surface area contributed by atoms with E-state index in [1.807, 2.05) is 6.92 Å². The van der Waals surface area contributed by atoms with Gasteiger partial charge in [-0.05, 0) is 13.0 Å². The summed E-state index contributed by atoms with van der Waals surface area (Å²) in [6.45, 7) is 4.66. The molecule has 0 saturated heterocycles. The van der Waals surface area contributed by atoms with Crippen molar-refractivity contribution in [2.24, 2.45) is 0 Å². The topological polar surface area (TPSA) is 63.2 Å². The molecule has 0 rings (SSSR count). The molecular weight excluding hydrogens is 202 g/mol. The minimum atomic E-state index is -2.91. The van der Waals surface area contributed by atoms with Crippen molar-refractivity contribution in [3.8, 4) is 0 Å². The summed E-state index contributed by atoms with van der Waals surface area (Å²) in [6, 6.07) is 0. The molecule has 0 aromatic heterocycles. The van der Waals surface area contributed by atoms with Gasteiger partial charge >= 0.3 is 0 Å². The molecule has 0 bridgehead atoms. The van der Waals surface area contributed by atoms with Gasteiger partial charge in [0.25, 0.3) is 0 Å². The van der Waals surface area contributed by atoms with Gasteiger partial charge in [-0.1, -0.05) is 13.8 Å². The second-order valence-corrected chi connectivity index (χ2v) is 5.63. The van der Waals surface area contributed by atoms with E-state index in [0.717, 1.165) is 6.54 Å². The predicted molar refractivity (Wildman–Crippen MR) is 57.1 cm³/mol. The van der Waals surface area contributed by atoms with Crippen LogP contribution in [0.4, 0.5) is 0 Å². The molecule has 0 amide bonds. The van der Waals surface area contributed by atoms with Gasteiger partial charge in [0.15, 0.2) is 0 Å². The molecular formula is C9H19NO3S. The second-order valence-electron chi connectivity index (χ2n) is 3.16. The van der Waals surface area contributed by atoms with Crippen LogP contribution in [-0.2, 0) is 14.6 Å². The number of carbonyl (C=O) groups is 1. The van der Waals surface area contributed by atoms with Crippen LogP contribution in [0.5, 0.6) is 0 Å². The van der Waals surface area contributed by atoms with Gasteiger partial charge in [0.05, 0.1) is 12.3 Å². The van der Waals surface area contributed by atoms with Crippen LogP contribution in [0, 0.1) is 0 Å². The average Bonchev–Trinajstić information content (AvgIpc) is 2.14. The molecule has 0 aliphatic rings. The van der Waals surface area contributed by atoms with Crippen molar-refractivity contribution in [2.75, 3.05) is 24.6 Å². The van der Waals surface area contributed by atoms with Crippen molar-refractivity contribution in [1.29, 1.82) is 0 Å². The third kappa shape index (κ3) is 7.03. The number of carbonyl (C=O) groups excluding carboxylic acids is 1. The zero-order valence-corrected chi connectivity index (χ0v) is 9.69. The average molecular weight is 221 g/mol. The van der Waals surface area contributed by atoms with E-state index in [4.69, 9.17) is 0 Å². The quantitative estimate of drug-likeness (QED) is 0.643. The highest BCUT2D eigenvalue weighted by atomic mass is 32.2. The minimum Gasteiger partial charge on any atom is -0.310 e. The van der Waals surface area contributed by atoms with Gasteiger partial charge in [-0.25, -0.2) is 8.42 Å². The SMILES string of the molecule is CCNCC(=O)CCCS(=O)(=O)CC. The van der Waals surface area contributed by atoms with Crippen LogP contribution in [0.2, 0.25) is 0 Å². The first-order chi connectivity index (χ1) is 6.52. The van der Waals surface area contributed by atoms with Crippen LogP contribution >= 0.6 is 0 Å². The van der Waals surface area contributed by atoms with Crippen molar-refractivity contribution in [3.05, 3.63) is 0 Å².